The third-order valence-corrected chi connectivity index (χ3v) is 6.87. The van der Waals surface area contributed by atoms with E-state index in [1.54, 1.807) is 6.20 Å². The number of para-hydroxylation sites is 1. The number of ether oxygens (including phenoxy) is 1. The van der Waals surface area contributed by atoms with Gasteiger partial charge in [0.2, 0.25) is 0 Å². The number of aryl methyl sites for hydroxylation is 3. The van der Waals surface area contributed by atoms with Gasteiger partial charge in [0, 0.05) is 17.6 Å². The van der Waals surface area contributed by atoms with E-state index in [0.717, 1.165) is 29.1 Å². The number of rotatable bonds is 7. The minimum Gasteiger partial charge on any atom is -0.465 e. The Morgan fingerprint density at radius 2 is 1.94 bits per heavy atom. The summed E-state index contributed by atoms with van der Waals surface area (Å²) in [7, 11) is 0. The first-order valence-electron chi connectivity index (χ1n) is 11.8. The number of pyridine rings is 1. The van der Waals surface area contributed by atoms with Gasteiger partial charge < -0.3 is 19.5 Å². The Morgan fingerprint density at radius 1 is 1.15 bits per heavy atom. The molecule has 1 saturated heterocycles. The summed E-state index contributed by atoms with van der Waals surface area (Å²) in [5, 5.41) is 3.95. The Hall–Kier alpha value is -3.19. The van der Waals surface area contributed by atoms with E-state index in [2.05, 4.69) is 66.8 Å². The molecule has 4 rings (SSSR count). The highest BCUT2D eigenvalue weighted by Gasteiger charge is 2.42. The van der Waals surface area contributed by atoms with E-state index in [1.165, 1.54) is 16.8 Å². The Morgan fingerprint density at radius 3 is 2.62 bits per heavy atom. The molecule has 0 bridgehead atoms. The molecule has 1 fully saturated rings. The molecule has 1 aliphatic heterocycles. The highest BCUT2D eigenvalue weighted by Crippen LogP contribution is 2.41. The van der Waals surface area contributed by atoms with Gasteiger partial charge in [-0.1, -0.05) is 31.2 Å². The van der Waals surface area contributed by atoms with Crippen LogP contribution >= 0.6 is 12.2 Å². The molecule has 0 amide bonds. The van der Waals surface area contributed by atoms with Gasteiger partial charge in [-0.15, -0.1) is 0 Å². The number of hydrogen-bond acceptors (Lipinski definition) is 4. The zero-order valence-electron chi connectivity index (χ0n) is 20.5. The van der Waals surface area contributed by atoms with Gasteiger partial charge >= 0.3 is 5.97 Å². The molecule has 2 atom stereocenters. The van der Waals surface area contributed by atoms with Gasteiger partial charge in [-0.05, 0) is 81.2 Å². The first kappa shape index (κ1) is 24.0. The molecular formula is C27H32N4O2S. The third-order valence-electron chi connectivity index (χ3n) is 6.52. The van der Waals surface area contributed by atoms with Crippen LogP contribution in [0.25, 0.3) is 5.69 Å². The van der Waals surface area contributed by atoms with Crippen LogP contribution in [0.3, 0.4) is 0 Å². The Labute approximate surface area is 207 Å². The van der Waals surface area contributed by atoms with E-state index >= 15 is 0 Å². The summed E-state index contributed by atoms with van der Waals surface area (Å²) in [5.41, 5.74) is 8.05. The first-order valence-corrected chi connectivity index (χ1v) is 12.2. The van der Waals surface area contributed by atoms with Crippen LogP contribution in [0.1, 0.15) is 59.7 Å². The average Bonchev–Trinajstić information content (AvgIpc) is 3.29. The van der Waals surface area contributed by atoms with Crippen molar-refractivity contribution in [1.82, 2.24) is 19.8 Å². The summed E-state index contributed by atoms with van der Waals surface area (Å²) < 4.78 is 7.60. The number of aromatic nitrogens is 2. The molecule has 2 aromatic heterocycles. The van der Waals surface area contributed by atoms with Crippen molar-refractivity contribution in [2.24, 2.45) is 0 Å². The second kappa shape index (κ2) is 9.97. The van der Waals surface area contributed by atoms with Crippen molar-refractivity contribution in [2.75, 3.05) is 13.2 Å². The maximum absolute atomic E-state index is 12.5. The molecule has 7 heteroatoms. The van der Waals surface area contributed by atoms with Gasteiger partial charge in [0.05, 0.1) is 30.1 Å². The van der Waals surface area contributed by atoms with Gasteiger partial charge in [-0.25, -0.2) is 0 Å². The van der Waals surface area contributed by atoms with Crippen LogP contribution in [-0.4, -0.2) is 38.7 Å². The molecular weight excluding hydrogens is 444 g/mol. The van der Waals surface area contributed by atoms with Gasteiger partial charge in [0.1, 0.15) is 6.54 Å². The van der Waals surface area contributed by atoms with Crippen LogP contribution in [0, 0.1) is 20.8 Å². The van der Waals surface area contributed by atoms with Crippen molar-refractivity contribution >= 4 is 23.3 Å². The monoisotopic (exact) mass is 476 g/mol. The third kappa shape index (κ3) is 4.32. The lowest BCUT2D eigenvalue weighted by Gasteiger charge is -2.27. The largest absolute Gasteiger partial charge is 0.465 e. The Kier molecular flexibility index (Phi) is 7.03. The maximum Gasteiger partial charge on any atom is 0.325 e. The number of thiocarbonyl (C=S) groups is 1. The molecule has 0 aliphatic carbocycles. The highest BCUT2D eigenvalue weighted by molar-refractivity contribution is 7.80. The molecule has 178 valence electrons. The number of benzene rings is 1. The number of hydrogen-bond donors (Lipinski definition) is 1. The molecule has 1 N–H and O–H groups in total. The zero-order valence-corrected chi connectivity index (χ0v) is 21.3. The van der Waals surface area contributed by atoms with Crippen molar-refractivity contribution in [2.45, 2.75) is 53.1 Å². The van der Waals surface area contributed by atoms with Gasteiger partial charge in [-0.3, -0.25) is 9.78 Å². The summed E-state index contributed by atoms with van der Waals surface area (Å²) in [6, 6.07) is 14.2. The number of nitrogens with zero attached hydrogens (tertiary/aromatic N) is 3. The SMILES string of the molecule is CCOC(=O)CN1C(=S)N[C@@H](c2ccccn2)[C@@H]1c1cc(C)n(-c2c(C)cccc2CC)c1C. The fourth-order valence-corrected chi connectivity index (χ4v) is 5.32. The fourth-order valence-electron chi connectivity index (χ4n) is 5.02. The van der Waals surface area contributed by atoms with E-state index in [9.17, 15) is 4.79 Å². The summed E-state index contributed by atoms with van der Waals surface area (Å²) in [5.74, 6) is -0.292. The Balaban J connectivity index is 1.86. The van der Waals surface area contributed by atoms with Crippen molar-refractivity contribution in [3.63, 3.8) is 0 Å². The van der Waals surface area contributed by atoms with Crippen molar-refractivity contribution in [1.29, 1.82) is 0 Å². The summed E-state index contributed by atoms with van der Waals surface area (Å²) >= 11 is 5.71. The smallest absolute Gasteiger partial charge is 0.325 e. The number of esters is 1. The molecule has 6 nitrogen and oxygen atoms in total. The predicted octanol–water partition coefficient (Wildman–Crippen LogP) is 4.90. The second-order valence-electron chi connectivity index (χ2n) is 8.66. The van der Waals surface area contributed by atoms with Crippen LogP contribution < -0.4 is 5.32 Å². The van der Waals surface area contributed by atoms with Crippen molar-refractivity contribution < 1.29 is 9.53 Å². The Bertz CT molecular complexity index is 1200. The summed E-state index contributed by atoms with van der Waals surface area (Å²) in [6.07, 6.45) is 2.74. The molecule has 1 aromatic carbocycles. The van der Waals surface area contributed by atoms with E-state index in [4.69, 9.17) is 17.0 Å². The number of nitrogens with one attached hydrogen (secondary N) is 1. The molecule has 34 heavy (non-hydrogen) atoms. The lowest BCUT2D eigenvalue weighted by molar-refractivity contribution is -0.143. The predicted molar refractivity (Wildman–Crippen MR) is 138 cm³/mol. The summed E-state index contributed by atoms with van der Waals surface area (Å²) in [6.45, 7) is 10.9. The minimum absolute atomic E-state index is 0.0852. The summed E-state index contributed by atoms with van der Waals surface area (Å²) in [4.78, 5) is 19.0. The van der Waals surface area contributed by atoms with Crippen molar-refractivity contribution in [3.8, 4) is 5.69 Å². The molecule has 0 saturated carbocycles. The quantitative estimate of drug-likeness (QED) is 0.387. The fraction of sp³-hybridized carbons (Fsp3) is 0.370. The number of carbonyl (C=O) groups is 1. The van der Waals surface area contributed by atoms with Gasteiger partial charge in [0.25, 0.3) is 0 Å². The van der Waals surface area contributed by atoms with Crippen LogP contribution in [0.15, 0.2) is 48.7 Å². The van der Waals surface area contributed by atoms with Crippen LogP contribution in [0.4, 0.5) is 0 Å². The van der Waals surface area contributed by atoms with Crippen LogP contribution in [0.2, 0.25) is 0 Å². The average molecular weight is 477 g/mol. The highest BCUT2D eigenvalue weighted by atomic mass is 32.1. The molecule has 0 radical (unpaired) electrons. The number of carbonyl (C=O) groups excluding carboxylic acids is 1. The van der Waals surface area contributed by atoms with E-state index in [-0.39, 0.29) is 24.6 Å². The van der Waals surface area contributed by atoms with Gasteiger partial charge in [0.15, 0.2) is 5.11 Å². The topological polar surface area (TPSA) is 59.4 Å². The zero-order chi connectivity index (χ0) is 24.4. The standard InChI is InChI=1S/C27H32N4O2S/c1-6-20-12-10-11-17(3)25(20)31-18(4)15-21(19(31)5)26-24(22-13-8-9-14-28-22)29-27(34)30(26)16-23(32)33-7-2/h8-15,24,26H,6-7,16H2,1-5H3,(H,29,34)/t24-,26-/m0/s1. The molecule has 3 aromatic rings. The molecule has 0 unspecified atom stereocenters. The molecule has 0 spiro atoms. The molecule has 1 aliphatic rings. The lowest BCUT2D eigenvalue weighted by Crippen LogP contribution is -2.35. The second-order valence-corrected chi connectivity index (χ2v) is 9.04. The van der Waals surface area contributed by atoms with E-state index in [1.807, 2.05) is 30.0 Å². The normalized spacial score (nSPS) is 17.7. The minimum atomic E-state index is -0.292. The van der Waals surface area contributed by atoms with Crippen LogP contribution in [0.5, 0.6) is 0 Å². The lowest BCUT2D eigenvalue weighted by atomic mass is 9.96. The first-order chi connectivity index (χ1) is 16.4. The maximum atomic E-state index is 12.5. The van der Waals surface area contributed by atoms with E-state index < -0.39 is 0 Å². The van der Waals surface area contributed by atoms with Crippen LogP contribution in [-0.2, 0) is 16.0 Å². The molecule has 3 heterocycles. The van der Waals surface area contributed by atoms with E-state index in [0.29, 0.717) is 11.7 Å². The van der Waals surface area contributed by atoms with Crippen molar-refractivity contribution in [3.05, 3.63) is 82.4 Å². The van der Waals surface area contributed by atoms with Gasteiger partial charge in [-0.2, -0.15) is 0 Å².